The van der Waals surface area contributed by atoms with Gasteiger partial charge in [-0.15, -0.1) is 0 Å². The predicted molar refractivity (Wildman–Crippen MR) is 82.8 cm³/mol. The van der Waals surface area contributed by atoms with E-state index in [1.54, 1.807) is 0 Å². The molecule has 3 N–H and O–H groups in total. The van der Waals surface area contributed by atoms with Crippen molar-refractivity contribution in [2.45, 2.75) is 26.2 Å². The monoisotopic (exact) mass is 289 g/mol. The molecular formula is C16H23N3O2. The lowest BCUT2D eigenvalue weighted by atomic mass is 9.95. The van der Waals surface area contributed by atoms with Gasteiger partial charge in [0.25, 0.3) is 0 Å². The first-order chi connectivity index (χ1) is 10.1. The van der Waals surface area contributed by atoms with Gasteiger partial charge in [0.05, 0.1) is 6.54 Å². The Morgan fingerprint density at radius 2 is 1.86 bits per heavy atom. The zero-order valence-electron chi connectivity index (χ0n) is 12.5. The van der Waals surface area contributed by atoms with Gasteiger partial charge in [0, 0.05) is 11.6 Å². The number of carbonyl (C=O) groups is 2. The minimum atomic E-state index is -0.311. The summed E-state index contributed by atoms with van der Waals surface area (Å²) in [5, 5.41) is 2.97. The highest BCUT2D eigenvalue weighted by Crippen LogP contribution is 2.19. The van der Waals surface area contributed by atoms with Crippen molar-refractivity contribution in [2.75, 3.05) is 25.0 Å². The van der Waals surface area contributed by atoms with Gasteiger partial charge in [-0.3, -0.25) is 14.5 Å². The van der Waals surface area contributed by atoms with Crippen LogP contribution in [0.1, 0.15) is 25.3 Å². The fourth-order valence-electron chi connectivity index (χ4n) is 2.64. The molecule has 2 rings (SSSR count). The smallest absolute Gasteiger partial charge is 0.231 e. The van der Waals surface area contributed by atoms with Crippen LogP contribution in [-0.2, 0) is 16.0 Å². The Labute approximate surface area is 125 Å². The third-order valence-corrected chi connectivity index (χ3v) is 3.97. The number of hydrogen-bond acceptors (Lipinski definition) is 3. The van der Waals surface area contributed by atoms with Crippen LogP contribution in [0.15, 0.2) is 24.3 Å². The molecular weight excluding hydrogens is 266 g/mol. The molecule has 5 heteroatoms. The molecule has 1 saturated heterocycles. The lowest BCUT2D eigenvalue weighted by molar-refractivity contribution is -0.122. The third-order valence-electron chi connectivity index (χ3n) is 3.97. The number of piperidine rings is 1. The molecule has 1 aliphatic heterocycles. The van der Waals surface area contributed by atoms with Crippen LogP contribution in [0.3, 0.4) is 0 Å². The lowest BCUT2D eigenvalue weighted by Gasteiger charge is -2.30. The zero-order chi connectivity index (χ0) is 15.2. The average Bonchev–Trinajstić information content (AvgIpc) is 2.48. The van der Waals surface area contributed by atoms with Crippen LogP contribution in [0.25, 0.3) is 0 Å². The number of nitrogens with one attached hydrogen (secondary N) is 1. The number of nitrogens with two attached hydrogens (primary N) is 1. The summed E-state index contributed by atoms with van der Waals surface area (Å²) in [6, 6.07) is 7.95. The SMILES string of the molecule is CCc1ccc(NC(=O)C2CCN(CC(N)=O)CC2)cc1. The highest BCUT2D eigenvalue weighted by Gasteiger charge is 2.25. The number of aryl methyl sites for hydroxylation is 1. The molecule has 0 atom stereocenters. The van der Waals surface area contributed by atoms with Crippen molar-refractivity contribution < 1.29 is 9.59 Å². The average molecular weight is 289 g/mol. The van der Waals surface area contributed by atoms with Crippen LogP contribution < -0.4 is 11.1 Å². The van der Waals surface area contributed by atoms with E-state index >= 15 is 0 Å². The Kier molecular flexibility index (Phi) is 5.33. The summed E-state index contributed by atoms with van der Waals surface area (Å²) in [5.41, 5.74) is 7.29. The maximum atomic E-state index is 12.2. The molecule has 1 fully saturated rings. The van der Waals surface area contributed by atoms with Crippen LogP contribution in [0, 0.1) is 5.92 Å². The van der Waals surface area contributed by atoms with Crippen LogP contribution in [0.2, 0.25) is 0 Å². The van der Waals surface area contributed by atoms with Crippen molar-refractivity contribution in [1.82, 2.24) is 4.90 Å². The van der Waals surface area contributed by atoms with Gasteiger partial charge in [-0.05, 0) is 50.0 Å². The maximum Gasteiger partial charge on any atom is 0.231 e. The molecule has 1 aliphatic rings. The molecule has 2 amide bonds. The largest absolute Gasteiger partial charge is 0.369 e. The quantitative estimate of drug-likeness (QED) is 0.860. The normalized spacial score (nSPS) is 16.6. The second-order valence-corrected chi connectivity index (χ2v) is 5.56. The highest BCUT2D eigenvalue weighted by atomic mass is 16.2. The summed E-state index contributed by atoms with van der Waals surface area (Å²) in [7, 11) is 0. The molecule has 0 saturated carbocycles. The van der Waals surface area contributed by atoms with Crippen molar-refractivity contribution in [3.05, 3.63) is 29.8 Å². The summed E-state index contributed by atoms with van der Waals surface area (Å²) < 4.78 is 0. The number of carbonyl (C=O) groups excluding carboxylic acids is 2. The fraction of sp³-hybridized carbons (Fsp3) is 0.500. The van der Waals surface area contributed by atoms with Gasteiger partial charge in [0.1, 0.15) is 0 Å². The molecule has 1 aromatic rings. The van der Waals surface area contributed by atoms with E-state index in [9.17, 15) is 9.59 Å². The maximum absolute atomic E-state index is 12.2. The lowest BCUT2D eigenvalue weighted by Crippen LogP contribution is -2.42. The van der Waals surface area contributed by atoms with Crippen LogP contribution >= 0.6 is 0 Å². The molecule has 1 heterocycles. The van der Waals surface area contributed by atoms with E-state index in [0.29, 0.717) is 0 Å². The van der Waals surface area contributed by atoms with Crippen LogP contribution in [-0.4, -0.2) is 36.3 Å². The number of anilines is 1. The van der Waals surface area contributed by atoms with Crippen LogP contribution in [0.4, 0.5) is 5.69 Å². The summed E-state index contributed by atoms with van der Waals surface area (Å²) in [5.74, 6) is -0.230. The Hall–Kier alpha value is -1.88. The molecule has 0 aromatic heterocycles. The number of primary amides is 1. The topological polar surface area (TPSA) is 75.4 Å². The number of nitrogens with zero attached hydrogens (tertiary/aromatic N) is 1. The van der Waals surface area contributed by atoms with Crippen molar-refractivity contribution in [2.24, 2.45) is 11.7 Å². The zero-order valence-corrected chi connectivity index (χ0v) is 12.5. The number of rotatable bonds is 5. The van der Waals surface area contributed by atoms with Gasteiger partial charge in [-0.1, -0.05) is 19.1 Å². The van der Waals surface area contributed by atoms with Crippen LogP contribution in [0.5, 0.6) is 0 Å². The minimum Gasteiger partial charge on any atom is -0.369 e. The van der Waals surface area contributed by atoms with E-state index in [1.807, 2.05) is 29.2 Å². The molecule has 0 unspecified atom stereocenters. The highest BCUT2D eigenvalue weighted by molar-refractivity contribution is 5.92. The Balaban J connectivity index is 1.82. The van der Waals surface area contributed by atoms with Gasteiger partial charge < -0.3 is 11.1 Å². The first-order valence-corrected chi connectivity index (χ1v) is 7.49. The number of likely N-dealkylation sites (tertiary alicyclic amines) is 1. The summed E-state index contributed by atoms with van der Waals surface area (Å²) >= 11 is 0. The number of amides is 2. The van der Waals surface area contributed by atoms with Crippen molar-refractivity contribution in [3.8, 4) is 0 Å². The van der Waals surface area contributed by atoms with Crippen molar-refractivity contribution in [3.63, 3.8) is 0 Å². The number of benzene rings is 1. The Morgan fingerprint density at radius 1 is 1.24 bits per heavy atom. The van der Waals surface area contributed by atoms with E-state index in [1.165, 1.54) is 5.56 Å². The third kappa shape index (κ3) is 4.56. The molecule has 0 aliphatic carbocycles. The fourth-order valence-corrected chi connectivity index (χ4v) is 2.64. The van der Waals surface area contributed by atoms with Gasteiger partial charge in [0.2, 0.25) is 11.8 Å². The first kappa shape index (κ1) is 15.5. The van der Waals surface area contributed by atoms with Gasteiger partial charge in [0.15, 0.2) is 0 Å². The molecule has 0 spiro atoms. The van der Waals surface area contributed by atoms with E-state index in [2.05, 4.69) is 12.2 Å². The second-order valence-electron chi connectivity index (χ2n) is 5.56. The van der Waals surface area contributed by atoms with Gasteiger partial charge >= 0.3 is 0 Å². The van der Waals surface area contributed by atoms with E-state index in [-0.39, 0.29) is 24.3 Å². The number of hydrogen-bond donors (Lipinski definition) is 2. The van der Waals surface area contributed by atoms with Crippen molar-refractivity contribution in [1.29, 1.82) is 0 Å². The second kappa shape index (κ2) is 7.22. The summed E-state index contributed by atoms with van der Waals surface area (Å²) in [4.78, 5) is 25.1. The molecule has 5 nitrogen and oxygen atoms in total. The van der Waals surface area contributed by atoms with E-state index in [0.717, 1.165) is 38.0 Å². The van der Waals surface area contributed by atoms with E-state index < -0.39 is 0 Å². The summed E-state index contributed by atoms with van der Waals surface area (Å²) in [6.07, 6.45) is 2.53. The molecule has 0 radical (unpaired) electrons. The van der Waals surface area contributed by atoms with Crippen molar-refractivity contribution >= 4 is 17.5 Å². The summed E-state index contributed by atoms with van der Waals surface area (Å²) in [6.45, 7) is 3.88. The van der Waals surface area contributed by atoms with Gasteiger partial charge in [-0.25, -0.2) is 0 Å². The predicted octanol–water partition coefficient (Wildman–Crippen LogP) is 1.38. The Bertz CT molecular complexity index is 491. The van der Waals surface area contributed by atoms with E-state index in [4.69, 9.17) is 5.73 Å². The molecule has 21 heavy (non-hydrogen) atoms. The minimum absolute atomic E-state index is 0.0139. The Morgan fingerprint density at radius 3 is 2.38 bits per heavy atom. The molecule has 0 bridgehead atoms. The molecule has 1 aromatic carbocycles. The first-order valence-electron chi connectivity index (χ1n) is 7.49. The van der Waals surface area contributed by atoms with Gasteiger partial charge in [-0.2, -0.15) is 0 Å². The molecule has 114 valence electrons. The standard InChI is InChI=1S/C16H23N3O2/c1-2-12-3-5-14(6-4-12)18-16(21)13-7-9-19(10-8-13)11-15(17)20/h3-6,13H,2,7-11H2,1H3,(H2,17,20)(H,18,21).